The van der Waals surface area contributed by atoms with Crippen LogP contribution in [0.15, 0.2) is 46.9 Å². The van der Waals surface area contributed by atoms with Crippen LogP contribution in [-0.4, -0.2) is 7.05 Å². The van der Waals surface area contributed by atoms with Gasteiger partial charge in [0.05, 0.1) is 6.04 Å². The maximum atomic E-state index is 6.17. The predicted molar refractivity (Wildman–Crippen MR) is 95.2 cm³/mol. The molecule has 1 atom stereocenters. The Morgan fingerprint density at radius 1 is 1.00 bits per heavy atom. The third-order valence-electron chi connectivity index (χ3n) is 3.62. The molecule has 2 aromatic rings. The van der Waals surface area contributed by atoms with Crippen LogP contribution in [0.25, 0.3) is 0 Å². The number of hydrogen-bond acceptors (Lipinski definition) is 1. The Morgan fingerprint density at radius 2 is 1.62 bits per heavy atom. The van der Waals surface area contributed by atoms with Gasteiger partial charge >= 0.3 is 0 Å². The molecular formula is C18H21BrClN. The van der Waals surface area contributed by atoms with Gasteiger partial charge in [-0.3, -0.25) is 0 Å². The molecule has 0 amide bonds. The summed E-state index contributed by atoms with van der Waals surface area (Å²) in [5.41, 5.74) is 3.90. The first-order chi connectivity index (χ1) is 9.81. The van der Waals surface area contributed by atoms with E-state index >= 15 is 0 Å². The van der Waals surface area contributed by atoms with Gasteiger partial charge in [-0.15, -0.1) is 0 Å². The first-order valence-corrected chi connectivity index (χ1v) is 8.22. The molecule has 2 rings (SSSR count). The molecule has 0 saturated carbocycles. The molecule has 0 spiro atoms. The van der Waals surface area contributed by atoms with Gasteiger partial charge in [-0.2, -0.15) is 0 Å². The molecule has 0 aromatic heterocycles. The molecule has 0 aliphatic rings. The molecule has 2 aromatic carbocycles. The highest BCUT2D eigenvalue weighted by Gasteiger charge is 2.16. The quantitative estimate of drug-likeness (QED) is 0.733. The molecule has 1 unspecified atom stereocenters. The Labute approximate surface area is 140 Å². The second-order valence-corrected chi connectivity index (χ2v) is 7.65. The lowest BCUT2D eigenvalue weighted by molar-refractivity contribution is 0.589. The highest BCUT2D eigenvalue weighted by atomic mass is 79.9. The van der Waals surface area contributed by atoms with Crippen LogP contribution in [0.3, 0.4) is 0 Å². The van der Waals surface area contributed by atoms with E-state index in [0.717, 1.165) is 15.1 Å². The van der Waals surface area contributed by atoms with E-state index in [1.54, 1.807) is 0 Å². The van der Waals surface area contributed by atoms with Gasteiger partial charge < -0.3 is 5.32 Å². The third kappa shape index (κ3) is 4.09. The minimum absolute atomic E-state index is 0.133. The Hall–Kier alpha value is -0.830. The fourth-order valence-corrected chi connectivity index (χ4v) is 3.33. The van der Waals surface area contributed by atoms with E-state index in [1.807, 2.05) is 19.2 Å². The normalized spacial score (nSPS) is 13.2. The summed E-state index contributed by atoms with van der Waals surface area (Å²) in [6, 6.07) is 14.9. The molecule has 3 heteroatoms. The SMILES string of the molecule is CNC(c1ccc(C(C)(C)C)cc1)c1cc(Cl)cc(Br)c1. The van der Waals surface area contributed by atoms with E-state index in [2.05, 4.69) is 72.3 Å². The van der Waals surface area contributed by atoms with Gasteiger partial charge in [0, 0.05) is 9.50 Å². The van der Waals surface area contributed by atoms with Crippen LogP contribution in [0, 0.1) is 0 Å². The summed E-state index contributed by atoms with van der Waals surface area (Å²) < 4.78 is 0.997. The fourth-order valence-electron chi connectivity index (χ4n) is 2.44. The third-order valence-corrected chi connectivity index (χ3v) is 4.29. The van der Waals surface area contributed by atoms with Gasteiger partial charge in [0.2, 0.25) is 0 Å². The van der Waals surface area contributed by atoms with E-state index in [-0.39, 0.29) is 11.5 Å². The summed E-state index contributed by atoms with van der Waals surface area (Å²) in [6.45, 7) is 6.68. The van der Waals surface area contributed by atoms with E-state index in [1.165, 1.54) is 11.1 Å². The highest BCUT2D eigenvalue weighted by Crippen LogP contribution is 2.29. The van der Waals surface area contributed by atoms with Crippen molar-refractivity contribution < 1.29 is 0 Å². The molecule has 0 fully saturated rings. The van der Waals surface area contributed by atoms with Crippen molar-refractivity contribution in [3.8, 4) is 0 Å². The zero-order chi connectivity index (χ0) is 15.6. The summed E-state index contributed by atoms with van der Waals surface area (Å²) in [4.78, 5) is 0. The van der Waals surface area contributed by atoms with Crippen molar-refractivity contribution in [1.29, 1.82) is 0 Å². The molecule has 0 radical (unpaired) electrons. The van der Waals surface area contributed by atoms with Gasteiger partial charge in [-0.05, 0) is 47.4 Å². The van der Waals surface area contributed by atoms with Crippen LogP contribution in [0.4, 0.5) is 0 Å². The van der Waals surface area contributed by atoms with Crippen LogP contribution >= 0.6 is 27.5 Å². The minimum Gasteiger partial charge on any atom is -0.309 e. The number of benzene rings is 2. The summed E-state index contributed by atoms with van der Waals surface area (Å²) in [5.74, 6) is 0. The largest absolute Gasteiger partial charge is 0.309 e. The lowest BCUT2D eigenvalue weighted by atomic mass is 9.86. The summed E-state index contributed by atoms with van der Waals surface area (Å²) in [6.07, 6.45) is 0. The molecular weight excluding hydrogens is 346 g/mol. The summed E-state index contributed by atoms with van der Waals surface area (Å²) in [7, 11) is 1.97. The van der Waals surface area contributed by atoms with Gasteiger partial charge in [0.15, 0.2) is 0 Å². The fraction of sp³-hybridized carbons (Fsp3) is 0.333. The molecule has 0 aliphatic carbocycles. The van der Waals surface area contributed by atoms with Crippen molar-refractivity contribution in [2.24, 2.45) is 0 Å². The monoisotopic (exact) mass is 365 g/mol. The van der Waals surface area contributed by atoms with Crippen molar-refractivity contribution in [3.63, 3.8) is 0 Å². The molecule has 0 heterocycles. The molecule has 0 saturated heterocycles. The molecule has 1 N–H and O–H groups in total. The average Bonchev–Trinajstić information content (AvgIpc) is 2.38. The van der Waals surface area contributed by atoms with Crippen LogP contribution in [0.2, 0.25) is 5.02 Å². The van der Waals surface area contributed by atoms with Gasteiger partial charge in [0.1, 0.15) is 0 Å². The van der Waals surface area contributed by atoms with E-state index < -0.39 is 0 Å². The Kier molecular flexibility index (Phi) is 5.13. The standard InChI is InChI=1S/C18H21BrClN/c1-18(2,3)14-7-5-12(6-8-14)17(21-4)13-9-15(19)11-16(20)10-13/h5-11,17,21H,1-4H3. The van der Waals surface area contributed by atoms with E-state index in [4.69, 9.17) is 11.6 Å². The second kappa shape index (κ2) is 6.51. The first kappa shape index (κ1) is 16.5. The number of nitrogens with one attached hydrogen (secondary N) is 1. The number of halogens is 2. The first-order valence-electron chi connectivity index (χ1n) is 7.05. The number of rotatable bonds is 3. The molecule has 21 heavy (non-hydrogen) atoms. The van der Waals surface area contributed by atoms with Crippen LogP contribution in [0.5, 0.6) is 0 Å². The average molecular weight is 367 g/mol. The van der Waals surface area contributed by atoms with E-state index in [0.29, 0.717) is 0 Å². The lowest BCUT2D eigenvalue weighted by Crippen LogP contribution is -2.18. The summed E-state index contributed by atoms with van der Waals surface area (Å²) >= 11 is 9.67. The smallest absolute Gasteiger partial charge is 0.0575 e. The zero-order valence-electron chi connectivity index (χ0n) is 12.9. The van der Waals surface area contributed by atoms with Crippen LogP contribution in [0.1, 0.15) is 43.5 Å². The summed E-state index contributed by atoms with van der Waals surface area (Å²) in [5, 5.41) is 4.11. The van der Waals surface area contributed by atoms with Crippen molar-refractivity contribution in [2.75, 3.05) is 7.05 Å². The van der Waals surface area contributed by atoms with Crippen LogP contribution < -0.4 is 5.32 Å². The maximum absolute atomic E-state index is 6.17. The Balaban J connectivity index is 2.37. The maximum Gasteiger partial charge on any atom is 0.0575 e. The van der Waals surface area contributed by atoms with E-state index in [9.17, 15) is 0 Å². The topological polar surface area (TPSA) is 12.0 Å². The second-order valence-electron chi connectivity index (χ2n) is 6.30. The molecule has 112 valence electrons. The molecule has 1 nitrogen and oxygen atoms in total. The highest BCUT2D eigenvalue weighted by molar-refractivity contribution is 9.10. The zero-order valence-corrected chi connectivity index (χ0v) is 15.2. The van der Waals surface area contributed by atoms with Crippen molar-refractivity contribution in [3.05, 3.63) is 68.7 Å². The molecule has 0 aliphatic heterocycles. The van der Waals surface area contributed by atoms with Crippen molar-refractivity contribution in [2.45, 2.75) is 32.2 Å². The van der Waals surface area contributed by atoms with Crippen LogP contribution in [-0.2, 0) is 5.41 Å². The van der Waals surface area contributed by atoms with Crippen molar-refractivity contribution in [1.82, 2.24) is 5.32 Å². The van der Waals surface area contributed by atoms with Gasteiger partial charge in [-0.25, -0.2) is 0 Å². The number of hydrogen-bond donors (Lipinski definition) is 1. The Bertz CT molecular complexity index is 594. The lowest BCUT2D eigenvalue weighted by Gasteiger charge is -2.22. The predicted octanol–water partition coefficient (Wildman–Crippen LogP) is 5.71. The van der Waals surface area contributed by atoms with Crippen molar-refractivity contribution >= 4 is 27.5 Å². The molecule has 0 bridgehead atoms. The van der Waals surface area contributed by atoms with Gasteiger partial charge in [-0.1, -0.05) is 72.6 Å². The van der Waals surface area contributed by atoms with Gasteiger partial charge in [0.25, 0.3) is 0 Å². The minimum atomic E-state index is 0.133. The Morgan fingerprint density at radius 3 is 2.10 bits per heavy atom.